The Hall–Kier alpha value is -2.47. The molecule has 0 aliphatic carbocycles. The Morgan fingerprint density at radius 1 is 1.04 bits per heavy atom. The van der Waals surface area contributed by atoms with Gasteiger partial charge in [0.15, 0.2) is 0 Å². The summed E-state index contributed by atoms with van der Waals surface area (Å²) in [5.41, 5.74) is 3.53. The molecule has 0 N–H and O–H groups in total. The van der Waals surface area contributed by atoms with Crippen molar-refractivity contribution >= 4 is 0 Å². The summed E-state index contributed by atoms with van der Waals surface area (Å²) in [4.78, 5) is 4.73. The van der Waals surface area contributed by atoms with Crippen molar-refractivity contribution in [3.63, 3.8) is 0 Å². The SMILES string of the molecule is c1ccc(-c2ncn(CCn3cnnc3)c2C2CCCOC2)cc1. The molecule has 1 aromatic carbocycles. The fourth-order valence-corrected chi connectivity index (χ4v) is 3.33. The van der Waals surface area contributed by atoms with Crippen LogP contribution in [-0.4, -0.2) is 37.5 Å². The van der Waals surface area contributed by atoms with Crippen LogP contribution in [0, 0.1) is 0 Å². The molecular formula is C18H21N5O. The lowest BCUT2D eigenvalue weighted by Crippen LogP contribution is -2.20. The summed E-state index contributed by atoms with van der Waals surface area (Å²) >= 11 is 0. The lowest BCUT2D eigenvalue weighted by molar-refractivity contribution is 0.0783. The molecule has 24 heavy (non-hydrogen) atoms. The highest BCUT2D eigenvalue weighted by molar-refractivity contribution is 5.62. The predicted molar refractivity (Wildman–Crippen MR) is 90.5 cm³/mol. The third-order valence-electron chi connectivity index (χ3n) is 4.54. The van der Waals surface area contributed by atoms with Gasteiger partial charge in [0.05, 0.1) is 24.3 Å². The van der Waals surface area contributed by atoms with Gasteiger partial charge >= 0.3 is 0 Å². The van der Waals surface area contributed by atoms with Gasteiger partial charge in [-0.15, -0.1) is 10.2 Å². The second-order valence-corrected chi connectivity index (χ2v) is 6.15. The van der Waals surface area contributed by atoms with Crippen LogP contribution in [0.25, 0.3) is 11.3 Å². The molecule has 1 aliphatic rings. The highest BCUT2D eigenvalue weighted by Gasteiger charge is 2.24. The molecule has 0 radical (unpaired) electrons. The van der Waals surface area contributed by atoms with Crippen molar-refractivity contribution in [2.75, 3.05) is 13.2 Å². The monoisotopic (exact) mass is 323 g/mol. The maximum Gasteiger partial charge on any atom is 0.119 e. The fraction of sp³-hybridized carbons (Fsp3) is 0.389. The van der Waals surface area contributed by atoms with Crippen LogP contribution in [0.1, 0.15) is 24.5 Å². The summed E-state index contributed by atoms with van der Waals surface area (Å²) in [6.45, 7) is 3.33. The van der Waals surface area contributed by atoms with Crippen LogP contribution in [0.5, 0.6) is 0 Å². The number of hydrogen-bond acceptors (Lipinski definition) is 4. The fourth-order valence-electron chi connectivity index (χ4n) is 3.33. The minimum Gasteiger partial charge on any atom is -0.381 e. The number of imidazole rings is 1. The van der Waals surface area contributed by atoms with Crippen LogP contribution in [0.15, 0.2) is 49.3 Å². The molecule has 124 valence electrons. The largest absolute Gasteiger partial charge is 0.381 e. The summed E-state index contributed by atoms with van der Waals surface area (Å²) in [7, 11) is 0. The van der Waals surface area contributed by atoms with E-state index in [1.165, 1.54) is 11.3 Å². The number of hydrogen-bond donors (Lipinski definition) is 0. The quantitative estimate of drug-likeness (QED) is 0.724. The summed E-state index contributed by atoms with van der Waals surface area (Å²) in [6.07, 6.45) is 7.71. The average Bonchev–Trinajstić information content (AvgIpc) is 3.31. The molecule has 3 aromatic rings. The van der Waals surface area contributed by atoms with Crippen LogP contribution in [0.2, 0.25) is 0 Å². The lowest BCUT2D eigenvalue weighted by atomic mass is 9.94. The van der Waals surface area contributed by atoms with E-state index < -0.39 is 0 Å². The van der Waals surface area contributed by atoms with Crippen LogP contribution in [0.4, 0.5) is 0 Å². The Bertz CT molecular complexity index is 760. The van der Waals surface area contributed by atoms with E-state index in [9.17, 15) is 0 Å². The molecule has 1 unspecified atom stereocenters. The molecule has 0 amide bonds. The van der Waals surface area contributed by atoms with Gasteiger partial charge in [0.25, 0.3) is 0 Å². The Morgan fingerprint density at radius 3 is 2.62 bits per heavy atom. The molecule has 1 atom stereocenters. The molecule has 0 bridgehead atoms. The van der Waals surface area contributed by atoms with Crippen LogP contribution in [0.3, 0.4) is 0 Å². The topological polar surface area (TPSA) is 57.8 Å². The first-order valence-electron chi connectivity index (χ1n) is 8.42. The standard InChI is InChI=1S/C18H21N5O/c1-2-5-15(6-3-1)17-18(16-7-4-10-24-11-16)23(12-19-17)9-8-22-13-20-21-14-22/h1-3,5-6,12-14,16H,4,7-11H2. The van der Waals surface area contributed by atoms with E-state index in [1.54, 1.807) is 12.7 Å². The maximum atomic E-state index is 5.74. The smallest absolute Gasteiger partial charge is 0.119 e. The second kappa shape index (κ2) is 6.97. The van der Waals surface area contributed by atoms with Gasteiger partial charge < -0.3 is 13.9 Å². The van der Waals surface area contributed by atoms with Gasteiger partial charge in [0, 0.05) is 31.2 Å². The van der Waals surface area contributed by atoms with E-state index in [2.05, 4.69) is 39.0 Å². The van der Waals surface area contributed by atoms with E-state index in [1.807, 2.05) is 17.0 Å². The van der Waals surface area contributed by atoms with Crippen molar-refractivity contribution in [1.82, 2.24) is 24.3 Å². The van der Waals surface area contributed by atoms with Crippen molar-refractivity contribution in [1.29, 1.82) is 0 Å². The van der Waals surface area contributed by atoms with Gasteiger partial charge in [-0.3, -0.25) is 0 Å². The lowest BCUT2D eigenvalue weighted by Gasteiger charge is -2.24. The summed E-state index contributed by atoms with van der Waals surface area (Å²) in [5, 5.41) is 7.74. The van der Waals surface area contributed by atoms with Gasteiger partial charge in [0.1, 0.15) is 12.7 Å². The highest BCUT2D eigenvalue weighted by atomic mass is 16.5. The van der Waals surface area contributed by atoms with Crippen LogP contribution in [-0.2, 0) is 17.8 Å². The maximum absolute atomic E-state index is 5.74. The van der Waals surface area contributed by atoms with Gasteiger partial charge in [-0.2, -0.15) is 0 Å². The number of benzene rings is 1. The van der Waals surface area contributed by atoms with Gasteiger partial charge in [-0.05, 0) is 12.8 Å². The summed E-state index contributed by atoms with van der Waals surface area (Å²) < 4.78 is 9.99. The number of ether oxygens (including phenoxy) is 1. The highest BCUT2D eigenvalue weighted by Crippen LogP contribution is 2.33. The van der Waals surface area contributed by atoms with Gasteiger partial charge in [-0.1, -0.05) is 30.3 Å². The Balaban J connectivity index is 1.66. The van der Waals surface area contributed by atoms with Gasteiger partial charge in [-0.25, -0.2) is 4.98 Å². The predicted octanol–water partition coefficient (Wildman–Crippen LogP) is 2.74. The Labute approximate surface area is 141 Å². The van der Waals surface area contributed by atoms with Crippen molar-refractivity contribution in [3.05, 3.63) is 55.0 Å². The molecule has 1 fully saturated rings. The number of rotatable bonds is 5. The normalized spacial score (nSPS) is 17.9. The van der Waals surface area contributed by atoms with E-state index in [-0.39, 0.29) is 0 Å². The van der Waals surface area contributed by atoms with Crippen molar-refractivity contribution in [3.8, 4) is 11.3 Å². The molecule has 1 aliphatic heterocycles. The van der Waals surface area contributed by atoms with E-state index >= 15 is 0 Å². The van der Waals surface area contributed by atoms with Gasteiger partial charge in [0.2, 0.25) is 0 Å². The minimum atomic E-state index is 0.400. The average molecular weight is 323 g/mol. The zero-order valence-corrected chi connectivity index (χ0v) is 13.6. The first kappa shape index (κ1) is 15.1. The zero-order valence-electron chi connectivity index (χ0n) is 13.6. The molecular weight excluding hydrogens is 302 g/mol. The van der Waals surface area contributed by atoms with Crippen LogP contribution < -0.4 is 0 Å². The molecule has 0 saturated carbocycles. The molecule has 1 saturated heterocycles. The second-order valence-electron chi connectivity index (χ2n) is 6.15. The third-order valence-corrected chi connectivity index (χ3v) is 4.54. The summed E-state index contributed by atoms with van der Waals surface area (Å²) in [5.74, 6) is 0.400. The molecule has 6 nitrogen and oxygen atoms in total. The first-order valence-corrected chi connectivity index (χ1v) is 8.42. The number of nitrogens with zero attached hydrogens (tertiary/aromatic N) is 5. The van der Waals surface area contributed by atoms with Crippen molar-refractivity contribution < 1.29 is 4.74 Å². The van der Waals surface area contributed by atoms with Crippen molar-refractivity contribution in [2.24, 2.45) is 0 Å². The Kier molecular flexibility index (Phi) is 4.38. The van der Waals surface area contributed by atoms with E-state index in [0.717, 1.165) is 44.8 Å². The van der Waals surface area contributed by atoms with E-state index in [4.69, 9.17) is 9.72 Å². The number of aryl methyl sites for hydroxylation is 2. The molecule has 6 heteroatoms. The summed E-state index contributed by atoms with van der Waals surface area (Å²) in [6, 6.07) is 10.4. The molecule has 2 aromatic heterocycles. The van der Waals surface area contributed by atoms with Crippen LogP contribution >= 0.6 is 0 Å². The van der Waals surface area contributed by atoms with E-state index in [0.29, 0.717) is 5.92 Å². The molecule has 4 rings (SSSR count). The first-order chi connectivity index (χ1) is 11.9. The van der Waals surface area contributed by atoms with Crippen molar-refractivity contribution in [2.45, 2.75) is 31.8 Å². The Morgan fingerprint density at radius 2 is 1.88 bits per heavy atom. The number of aromatic nitrogens is 5. The third kappa shape index (κ3) is 3.10. The zero-order chi connectivity index (χ0) is 16.2. The molecule has 3 heterocycles. The minimum absolute atomic E-state index is 0.400. The molecule has 0 spiro atoms.